The van der Waals surface area contributed by atoms with Gasteiger partial charge in [-0.2, -0.15) is 0 Å². The molecule has 2 heteroatoms. The molecule has 3 aliphatic rings. The van der Waals surface area contributed by atoms with Gasteiger partial charge in [0.25, 0.3) is 0 Å². The van der Waals surface area contributed by atoms with Crippen LogP contribution in [0.5, 0.6) is 0 Å². The molecule has 2 bridgehead atoms. The van der Waals surface area contributed by atoms with Crippen LogP contribution in [0.25, 0.3) is 0 Å². The Bertz CT molecular complexity index is 305. The zero-order valence-corrected chi connectivity index (χ0v) is 13.8. The van der Waals surface area contributed by atoms with Crippen molar-refractivity contribution in [3.05, 3.63) is 0 Å². The van der Waals surface area contributed by atoms with E-state index in [0.29, 0.717) is 0 Å². The zero-order valence-electron chi connectivity index (χ0n) is 13.8. The molecule has 20 heavy (non-hydrogen) atoms. The van der Waals surface area contributed by atoms with E-state index < -0.39 is 0 Å². The van der Waals surface area contributed by atoms with Crippen molar-refractivity contribution in [3.8, 4) is 0 Å². The zero-order chi connectivity index (χ0) is 14.1. The summed E-state index contributed by atoms with van der Waals surface area (Å²) in [5, 5.41) is 3.81. The van der Waals surface area contributed by atoms with Gasteiger partial charge in [0.05, 0.1) is 0 Å². The van der Waals surface area contributed by atoms with Crippen LogP contribution in [0.2, 0.25) is 0 Å². The molecule has 1 aliphatic carbocycles. The Labute approximate surface area is 125 Å². The summed E-state index contributed by atoms with van der Waals surface area (Å²) in [5.41, 5.74) is 0. The predicted molar refractivity (Wildman–Crippen MR) is 85.9 cm³/mol. The van der Waals surface area contributed by atoms with Gasteiger partial charge in [0.15, 0.2) is 0 Å². The fourth-order valence-corrected chi connectivity index (χ4v) is 5.14. The third kappa shape index (κ3) is 3.06. The molecule has 2 heterocycles. The number of rotatable bonds is 4. The summed E-state index contributed by atoms with van der Waals surface area (Å²) in [6, 6.07) is 3.39. The van der Waals surface area contributed by atoms with Crippen LogP contribution in [0.4, 0.5) is 0 Å². The van der Waals surface area contributed by atoms with Crippen molar-refractivity contribution in [2.24, 2.45) is 11.8 Å². The van der Waals surface area contributed by atoms with Crippen LogP contribution in [0.15, 0.2) is 0 Å². The number of piperidine rings is 1. The monoisotopic (exact) mass is 278 g/mol. The first-order chi connectivity index (χ1) is 9.67. The Kier molecular flexibility index (Phi) is 4.72. The van der Waals surface area contributed by atoms with E-state index >= 15 is 0 Å². The number of hydrogen-bond acceptors (Lipinski definition) is 2. The summed E-state index contributed by atoms with van der Waals surface area (Å²) < 4.78 is 0. The number of nitrogens with one attached hydrogen (secondary N) is 1. The SMILES string of the molecule is CCCN(C1CC2CCC(C1)N2)C1CC(C)CCC1C. The summed E-state index contributed by atoms with van der Waals surface area (Å²) in [4.78, 5) is 2.95. The summed E-state index contributed by atoms with van der Waals surface area (Å²) in [7, 11) is 0. The van der Waals surface area contributed by atoms with E-state index in [9.17, 15) is 0 Å². The molecule has 0 amide bonds. The summed E-state index contributed by atoms with van der Waals surface area (Å²) in [6.45, 7) is 8.66. The maximum Gasteiger partial charge on any atom is 0.0128 e. The van der Waals surface area contributed by atoms with Crippen molar-refractivity contribution in [2.75, 3.05) is 6.54 Å². The van der Waals surface area contributed by atoms with Gasteiger partial charge in [-0.1, -0.05) is 27.2 Å². The van der Waals surface area contributed by atoms with Gasteiger partial charge in [-0.05, 0) is 63.3 Å². The third-order valence-electron chi connectivity index (χ3n) is 6.24. The topological polar surface area (TPSA) is 15.3 Å². The molecular formula is C18H34N2. The lowest BCUT2D eigenvalue weighted by Gasteiger charge is -2.47. The van der Waals surface area contributed by atoms with Gasteiger partial charge in [0, 0.05) is 24.2 Å². The summed E-state index contributed by atoms with van der Waals surface area (Å²) in [6.07, 6.45) is 11.3. The van der Waals surface area contributed by atoms with Crippen molar-refractivity contribution in [1.82, 2.24) is 10.2 Å². The van der Waals surface area contributed by atoms with Gasteiger partial charge in [-0.15, -0.1) is 0 Å². The van der Waals surface area contributed by atoms with Gasteiger partial charge in [-0.3, -0.25) is 4.90 Å². The molecule has 0 aromatic carbocycles. The van der Waals surface area contributed by atoms with E-state index in [-0.39, 0.29) is 0 Å². The van der Waals surface area contributed by atoms with Crippen molar-refractivity contribution >= 4 is 0 Å². The molecule has 0 aromatic rings. The van der Waals surface area contributed by atoms with Crippen LogP contribution in [-0.4, -0.2) is 35.6 Å². The van der Waals surface area contributed by atoms with Crippen LogP contribution in [0.1, 0.15) is 72.1 Å². The van der Waals surface area contributed by atoms with Gasteiger partial charge in [0.2, 0.25) is 0 Å². The van der Waals surface area contributed by atoms with Crippen LogP contribution in [0, 0.1) is 11.8 Å². The number of fused-ring (bicyclic) bond motifs is 2. The van der Waals surface area contributed by atoms with Gasteiger partial charge in [0.1, 0.15) is 0 Å². The van der Waals surface area contributed by atoms with Crippen LogP contribution in [0.3, 0.4) is 0 Å². The minimum absolute atomic E-state index is 0.828. The second-order valence-electron chi connectivity index (χ2n) is 7.96. The molecule has 116 valence electrons. The molecule has 3 fully saturated rings. The van der Waals surface area contributed by atoms with Crippen molar-refractivity contribution in [1.29, 1.82) is 0 Å². The average Bonchev–Trinajstić information content (AvgIpc) is 2.78. The Balaban J connectivity index is 1.70. The highest BCUT2D eigenvalue weighted by molar-refractivity contribution is 4.98. The normalized spacial score (nSPS) is 45.0. The van der Waals surface area contributed by atoms with Crippen molar-refractivity contribution < 1.29 is 0 Å². The second-order valence-corrected chi connectivity index (χ2v) is 7.96. The van der Waals surface area contributed by atoms with Crippen LogP contribution in [-0.2, 0) is 0 Å². The lowest BCUT2D eigenvalue weighted by molar-refractivity contribution is 0.0330. The number of nitrogens with zero attached hydrogens (tertiary/aromatic N) is 1. The fourth-order valence-electron chi connectivity index (χ4n) is 5.14. The average molecular weight is 278 g/mol. The molecule has 2 saturated heterocycles. The smallest absolute Gasteiger partial charge is 0.0128 e. The lowest BCUT2D eigenvalue weighted by atomic mass is 9.78. The second kappa shape index (κ2) is 6.36. The van der Waals surface area contributed by atoms with E-state index in [0.717, 1.165) is 36.0 Å². The number of hydrogen-bond donors (Lipinski definition) is 1. The van der Waals surface area contributed by atoms with Crippen molar-refractivity contribution in [3.63, 3.8) is 0 Å². The molecular weight excluding hydrogens is 244 g/mol. The Morgan fingerprint density at radius 1 is 0.950 bits per heavy atom. The first-order valence-electron chi connectivity index (χ1n) is 9.19. The standard InChI is InChI=1S/C18H34N2/c1-4-9-20(18-10-13(2)5-6-14(18)3)17-11-15-7-8-16(12-17)19-15/h13-19H,4-12H2,1-3H3. The first-order valence-corrected chi connectivity index (χ1v) is 9.19. The fraction of sp³-hybridized carbons (Fsp3) is 1.00. The molecule has 5 unspecified atom stereocenters. The van der Waals surface area contributed by atoms with E-state index in [1.165, 1.54) is 57.9 Å². The van der Waals surface area contributed by atoms with Gasteiger partial charge in [-0.25, -0.2) is 0 Å². The van der Waals surface area contributed by atoms with Gasteiger partial charge < -0.3 is 5.32 Å². The molecule has 3 rings (SSSR count). The molecule has 1 saturated carbocycles. The molecule has 0 radical (unpaired) electrons. The Hall–Kier alpha value is -0.0800. The van der Waals surface area contributed by atoms with E-state index in [2.05, 4.69) is 31.0 Å². The molecule has 0 aromatic heterocycles. The highest BCUT2D eigenvalue weighted by Crippen LogP contribution is 2.37. The molecule has 2 aliphatic heterocycles. The van der Waals surface area contributed by atoms with E-state index in [1.807, 2.05) is 0 Å². The molecule has 5 atom stereocenters. The minimum atomic E-state index is 0.828. The molecule has 0 spiro atoms. The first kappa shape index (κ1) is 14.8. The highest BCUT2D eigenvalue weighted by Gasteiger charge is 2.40. The summed E-state index contributed by atoms with van der Waals surface area (Å²) >= 11 is 0. The maximum absolute atomic E-state index is 3.81. The largest absolute Gasteiger partial charge is 0.311 e. The predicted octanol–water partition coefficient (Wildman–Crippen LogP) is 3.81. The molecule has 2 nitrogen and oxygen atoms in total. The van der Waals surface area contributed by atoms with Crippen molar-refractivity contribution in [2.45, 2.75) is 96.3 Å². The Morgan fingerprint density at radius 3 is 2.30 bits per heavy atom. The van der Waals surface area contributed by atoms with E-state index in [4.69, 9.17) is 0 Å². The quantitative estimate of drug-likeness (QED) is 0.841. The highest BCUT2D eigenvalue weighted by atomic mass is 15.2. The minimum Gasteiger partial charge on any atom is -0.311 e. The maximum atomic E-state index is 3.81. The third-order valence-corrected chi connectivity index (χ3v) is 6.24. The van der Waals surface area contributed by atoms with E-state index in [1.54, 1.807) is 0 Å². The van der Waals surface area contributed by atoms with Gasteiger partial charge >= 0.3 is 0 Å². The lowest BCUT2D eigenvalue weighted by Crippen LogP contribution is -2.54. The molecule has 1 N–H and O–H groups in total. The van der Waals surface area contributed by atoms with Crippen LogP contribution >= 0.6 is 0 Å². The summed E-state index contributed by atoms with van der Waals surface area (Å²) in [5.74, 6) is 1.85. The van der Waals surface area contributed by atoms with Crippen LogP contribution < -0.4 is 5.32 Å². The Morgan fingerprint density at radius 2 is 1.65 bits per heavy atom.